The molecule has 0 unspecified atom stereocenters. The second-order valence-electron chi connectivity index (χ2n) is 9.43. The van der Waals surface area contributed by atoms with Gasteiger partial charge < -0.3 is 19.5 Å². The van der Waals surface area contributed by atoms with Crippen LogP contribution in [0.1, 0.15) is 68.9 Å². The van der Waals surface area contributed by atoms with Crippen molar-refractivity contribution in [2.24, 2.45) is 11.8 Å². The van der Waals surface area contributed by atoms with Crippen LogP contribution in [-0.2, 0) is 24.2 Å². The Balaban J connectivity index is 1.71. The number of carbonyl (C=O) groups is 3. The Bertz CT molecular complexity index is 981. The second-order valence-corrected chi connectivity index (χ2v) is 11.6. The minimum atomic E-state index is -3.60. The summed E-state index contributed by atoms with van der Waals surface area (Å²) >= 11 is 0. The number of sulfone groups is 1. The lowest BCUT2D eigenvalue weighted by atomic mass is 10.0. The van der Waals surface area contributed by atoms with Crippen LogP contribution >= 0.6 is 0 Å². The zero-order chi connectivity index (χ0) is 24.9. The van der Waals surface area contributed by atoms with E-state index < -0.39 is 39.2 Å². The van der Waals surface area contributed by atoms with E-state index in [9.17, 15) is 22.8 Å². The summed E-state index contributed by atoms with van der Waals surface area (Å²) in [5, 5.41) is 6.47. The van der Waals surface area contributed by atoms with Gasteiger partial charge in [0.25, 0.3) is 5.89 Å². The largest absolute Gasteiger partial charge is 0.378 e. The Kier molecular flexibility index (Phi) is 8.80. The third kappa shape index (κ3) is 7.33. The predicted molar refractivity (Wildman–Crippen MR) is 122 cm³/mol. The highest BCUT2D eigenvalue weighted by molar-refractivity contribution is 7.91. The number of ether oxygens (including phenoxy) is 1. The lowest BCUT2D eigenvalue weighted by Crippen LogP contribution is -2.47. The summed E-state index contributed by atoms with van der Waals surface area (Å²) in [5.41, 5.74) is 0. The number of nitrogens with zero attached hydrogens (tertiary/aromatic N) is 3. The minimum Gasteiger partial charge on any atom is -0.378 e. The zero-order valence-corrected chi connectivity index (χ0v) is 20.8. The van der Waals surface area contributed by atoms with Gasteiger partial charge in [-0.2, -0.15) is 4.98 Å². The van der Waals surface area contributed by atoms with Crippen molar-refractivity contribution < 1.29 is 32.1 Å². The second kappa shape index (κ2) is 11.4. The van der Waals surface area contributed by atoms with Crippen molar-refractivity contribution in [1.29, 1.82) is 0 Å². The molecule has 2 atom stereocenters. The molecule has 2 fully saturated rings. The summed E-state index contributed by atoms with van der Waals surface area (Å²) in [7, 11) is -3.60. The van der Waals surface area contributed by atoms with Crippen LogP contribution in [0.2, 0.25) is 0 Å². The molecule has 2 aliphatic rings. The molecule has 0 radical (unpaired) electrons. The molecule has 2 heterocycles. The summed E-state index contributed by atoms with van der Waals surface area (Å²) in [5.74, 6) is -2.78. The number of hydrogen-bond donors (Lipinski definition) is 1. The fourth-order valence-electron chi connectivity index (χ4n) is 3.90. The summed E-state index contributed by atoms with van der Waals surface area (Å²) < 4.78 is 35.7. The maximum Gasteiger partial charge on any atom is 0.296 e. The molecule has 1 aliphatic carbocycles. The molecule has 1 N–H and O–H groups in total. The third-order valence-corrected chi connectivity index (χ3v) is 7.92. The molecule has 1 aromatic heterocycles. The van der Waals surface area contributed by atoms with Gasteiger partial charge >= 0.3 is 0 Å². The van der Waals surface area contributed by atoms with Gasteiger partial charge in [0.2, 0.25) is 17.6 Å². The molecule has 0 spiro atoms. The minimum absolute atomic E-state index is 0.0927. The Hall–Kier alpha value is -2.34. The lowest BCUT2D eigenvalue weighted by molar-refractivity contribution is -0.139. The van der Waals surface area contributed by atoms with Gasteiger partial charge in [0.1, 0.15) is 0 Å². The number of hydrogen-bond acceptors (Lipinski definition) is 9. The van der Waals surface area contributed by atoms with Crippen LogP contribution < -0.4 is 5.32 Å². The van der Waals surface area contributed by atoms with Gasteiger partial charge in [-0.25, -0.2) is 8.42 Å². The van der Waals surface area contributed by atoms with E-state index in [0.717, 1.165) is 12.8 Å². The average Bonchev–Trinajstić information content (AvgIpc) is 3.52. The first-order valence-corrected chi connectivity index (χ1v) is 13.7. The molecule has 1 aromatic rings. The average molecular weight is 499 g/mol. The van der Waals surface area contributed by atoms with E-state index in [0.29, 0.717) is 32.1 Å². The monoisotopic (exact) mass is 498 g/mol. The predicted octanol–water partition coefficient (Wildman–Crippen LogP) is 0.960. The number of ketones is 1. The molecule has 0 bridgehead atoms. The molecule has 0 aromatic carbocycles. The molecule has 1 saturated carbocycles. The highest BCUT2D eigenvalue weighted by atomic mass is 32.2. The summed E-state index contributed by atoms with van der Waals surface area (Å²) in [6.07, 6.45) is 1.88. The third-order valence-electron chi connectivity index (χ3n) is 5.83. The fraction of sp³-hybridized carbons (Fsp3) is 0.773. The highest BCUT2D eigenvalue weighted by Gasteiger charge is 2.35. The molecule has 2 amide bonds. The van der Waals surface area contributed by atoms with E-state index >= 15 is 0 Å². The number of morpholine rings is 1. The molecule has 34 heavy (non-hydrogen) atoms. The number of amides is 2. The van der Waals surface area contributed by atoms with E-state index in [2.05, 4.69) is 15.5 Å². The van der Waals surface area contributed by atoms with Gasteiger partial charge in [-0.1, -0.05) is 25.9 Å². The normalized spacial score (nSPS) is 18.5. The number of carbonyl (C=O) groups excluding carboxylic acids is 3. The van der Waals surface area contributed by atoms with Crippen LogP contribution in [-0.4, -0.2) is 84.9 Å². The van der Waals surface area contributed by atoms with Crippen molar-refractivity contribution in [3.63, 3.8) is 0 Å². The first kappa shape index (κ1) is 26.3. The van der Waals surface area contributed by atoms with Gasteiger partial charge in [0.05, 0.1) is 36.7 Å². The molecule has 11 nitrogen and oxygen atoms in total. The first-order chi connectivity index (χ1) is 16.1. The Morgan fingerprint density at radius 1 is 1.15 bits per heavy atom. The SMILES string of the molecule is CC[C@H](NC(=O)[C@@H](CC(=O)N1CCOCC1)CS(=O)(=O)CC(C)C)C(=O)c1nc(C2CC2)no1. The van der Waals surface area contributed by atoms with Gasteiger partial charge in [-0.05, 0) is 25.2 Å². The van der Waals surface area contributed by atoms with Crippen molar-refractivity contribution in [3.8, 4) is 0 Å². The van der Waals surface area contributed by atoms with Gasteiger partial charge in [0.15, 0.2) is 15.7 Å². The Morgan fingerprint density at radius 2 is 1.82 bits per heavy atom. The van der Waals surface area contributed by atoms with Crippen LogP contribution in [0.5, 0.6) is 0 Å². The van der Waals surface area contributed by atoms with Gasteiger partial charge in [-0.3, -0.25) is 14.4 Å². The number of Topliss-reactive ketones (excluding diaryl/α,β-unsaturated/α-hetero) is 1. The van der Waals surface area contributed by atoms with Crippen molar-refractivity contribution in [2.45, 2.75) is 58.4 Å². The van der Waals surface area contributed by atoms with Crippen molar-refractivity contribution in [2.75, 3.05) is 37.8 Å². The summed E-state index contributed by atoms with van der Waals surface area (Å²) in [6.45, 7) is 6.84. The molecular formula is C22H34N4O7S. The van der Waals surface area contributed by atoms with E-state index in [1.54, 1.807) is 25.7 Å². The molecular weight excluding hydrogens is 464 g/mol. The van der Waals surface area contributed by atoms with E-state index in [1.165, 1.54) is 0 Å². The maximum absolute atomic E-state index is 13.2. The van der Waals surface area contributed by atoms with Gasteiger partial charge in [-0.15, -0.1) is 0 Å². The van der Waals surface area contributed by atoms with E-state index in [-0.39, 0.29) is 42.2 Å². The molecule has 12 heteroatoms. The van der Waals surface area contributed by atoms with Crippen LogP contribution in [0.25, 0.3) is 0 Å². The van der Waals surface area contributed by atoms with Crippen molar-refractivity contribution in [3.05, 3.63) is 11.7 Å². The maximum atomic E-state index is 13.2. The van der Waals surface area contributed by atoms with Crippen molar-refractivity contribution >= 4 is 27.4 Å². The zero-order valence-electron chi connectivity index (χ0n) is 20.0. The molecule has 3 rings (SSSR count). The van der Waals surface area contributed by atoms with Crippen LogP contribution in [0.4, 0.5) is 0 Å². The molecule has 1 saturated heterocycles. The summed E-state index contributed by atoms with van der Waals surface area (Å²) in [4.78, 5) is 44.6. The number of rotatable bonds is 12. The topological polar surface area (TPSA) is 149 Å². The first-order valence-electron chi connectivity index (χ1n) is 11.8. The van der Waals surface area contributed by atoms with Crippen molar-refractivity contribution in [1.82, 2.24) is 20.4 Å². The fourth-order valence-corrected chi connectivity index (χ4v) is 5.93. The quantitative estimate of drug-likeness (QED) is 0.416. The highest BCUT2D eigenvalue weighted by Crippen LogP contribution is 2.38. The molecule has 1 aliphatic heterocycles. The Morgan fingerprint density at radius 3 is 2.41 bits per heavy atom. The standard InChI is InChI=1S/C22H34N4O7S/c1-4-17(19(28)22-24-20(25-33-22)15-5-6-15)23-21(29)16(13-34(30,31)12-14(2)3)11-18(27)26-7-9-32-10-8-26/h14-17H,4-13H2,1-3H3,(H,23,29)/t16-,17-/m0/s1. The number of aromatic nitrogens is 2. The smallest absolute Gasteiger partial charge is 0.296 e. The van der Waals surface area contributed by atoms with Gasteiger partial charge in [0, 0.05) is 25.4 Å². The summed E-state index contributed by atoms with van der Waals surface area (Å²) in [6, 6.07) is -0.964. The Labute approximate surface area is 199 Å². The van der Waals surface area contributed by atoms with E-state index in [4.69, 9.17) is 9.26 Å². The molecule has 190 valence electrons. The lowest BCUT2D eigenvalue weighted by Gasteiger charge is -2.28. The van der Waals surface area contributed by atoms with Crippen LogP contribution in [0.3, 0.4) is 0 Å². The van der Waals surface area contributed by atoms with Crippen LogP contribution in [0.15, 0.2) is 4.52 Å². The van der Waals surface area contributed by atoms with E-state index in [1.807, 2.05) is 0 Å². The number of nitrogens with one attached hydrogen (secondary N) is 1. The van der Waals surface area contributed by atoms with Crippen LogP contribution in [0, 0.1) is 11.8 Å².